The predicted molar refractivity (Wildman–Crippen MR) is 101 cm³/mol. The van der Waals surface area contributed by atoms with E-state index in [1.807, 2.05) is 50.2 Å². The van der Waals surface area contributed by atoms with Crippen LogP contribution in [0.25, 0.3) is 16.8 Å². The molecule has 0 radical (unpaired) electrons. The molecule has 0 aliphatic carbocycles. The molecule has 4 rings (SSSR count). The van der Waals surface area contributed by atoms with Gasteiger partial charge in [-0.1, -0.05) is 42.1 Å². The minimum Gasteiger partial charge on any atom is -0.277 e. The standard InChI is InChI=1S/C19H17F2N5S/c1-12-10-13(2)24-26-17(12)16(14-6-4-3-5-7-14)23-19(26)27-11-15-22-8-9-25(15)18(20)21/h3-10,18H,11H2,1-2H3. The van der Waals surface area contributed by atoms with Crippen LogP contribution < -0.4 is 0 Å². The number of fused-ring (bicyclic) bond motifs is 1. The third kappa shape index (κ3) is 3.32. The normalized spacial score (nSPS) is 11.6. The third-order valence-electron chi connectivity index (χ3n) is 4.22. The van der Waals surface area contributed by atoms with Gasteiger partial charge in [-0.2, -0.15) is 13.9 Å². The van der Waals surface area contributed by atoms with Gasteiger partial charge in [-0.15, -0.1) is 0 Å². The second-order valence-electron chi connectivity index (χ2n) is 6.16. The predicted octanol–water partition coefficient (Wildman–Crippen LogP) is 4.90. The second-order valence-corrected chi connectivity index (χ2v) is 7.10. The van der Waals surface area contributed by atoms with Gasteiger partial charge in [0.25, 0.3) is 0 Å². The van der Waals surface area contributed by atoms with Gasteiger partial charge < -0.3 is 0 Å². The Balaban J connectivity index is 1.78. The Labute approximate surface area is 159 Å². The molecule has 0 aliphatic rings. The number of hydrogen-bond donors (Lipinski definition) is 0. The molecular formula is C19H17F2N5S. The molecule has 0 bridgehead atoms. The third-order valence-corrected chi connectivity index (χ3v) is 5.14. The fourth-order valence-corrected chi connectivity index (χ4v) is 3.95. The molecule has 0 N–H and O–H groups in total. The monoisotopic (exact) mass is 385 g/mol. The summed E-state index contributed by atoms with van der Waals surface area (Å²) in [4.78, 5) is 8.81. The lowest BCUT2D eigenvalue weighted by molar-refractivity contribution is 0.0678. The van der Waals surface area contributed by atoms with Crippen molar-refractivity contribution in [1.82, 2.24) is 24.1 Å². The highest BCUT2D eigenvalue weighted by molar-refractivity contribution is 7.98. The molecule has 3 heterocycles. The minimum absolute atomic E-state index is 0.277. The summed E-state index contributed by atoms with van der Waals surface area (Å²) in [5.41, 5.74) is 4.68. The molecule has 5 nitrogen and oxygen atoms in total. The van der Waals surface area contributed by atoms with E-state index in [0.29, 0.717) is 11.0 Å². The zero-order valence-corrected chi connectivity index (χ0v) is 15.6. The number of benzene rings is 1. The molecule has 4 aromatic rings. The lowest BCUT2D eigenvalue weighted by atomic mass is 10.1. The van der Waals surface area contributed by atoms with Crippen molar-refractivity contribution in [3.8, 4) is 11.3 Å². The molecule has 0 amide bonds. The van der Waals surface area contributed by atoms with Crippen LogP contribution in [-0.2, 0) is 5.75 Å². The first-order valence-electron chi connectivity index (χ1n) is 8.39. The van der Waals surface area contributed by atoms with Crippen molar-refractivity contribution in [2.24, 2.45) is 0 Å². The number of rotatable bonds is 5. The first kappa shape index (κ1) is 17.7. The second kappa shape index (κ2) is 7.11. The summed E-state index contributed by atoms with van der Waals surface area (Å²) in [6.45, 7) is 1.34. The molecule has 27 heavy (non-hydrogen) atoms. The van der Waals surface area contributed by atoms with E-state index in [4.69, 9.17) is 4.98 Å². The van der Waals surface area contributed by atoms with Crippen LogP contribution in [0.1, 0.15) is 23.6 Å². The van der Waals surface area contributed by atoms with Crippen LogP contribution in [0.4, 0.5) is 8.78 Å². The molecule has 0 saturated heterocycles. The average molecular weight is 385 g/mol. The van der Waals surface area contributed by atoms with Crippen LogP contribution >= 0.6 is 11.8 Å². The number of hydrogen-bond acceptors (Lipinski definition) is 4. The Morgan fingerprint density at radius 2 is 1.93 bits per heavy atom. The molecular weight excluding hydrogens is 368 g/mol. The Kier molecular flexibility index (Phi) is 4.65. The first-order valence-corrected chi connectivity index (χ1v) is 9.38. The molecule has 3 aromatic heterocycles. The lowest BCUT2D eigenvalue weighted by Gasteiger charge is -2.06. The van der Waals surface area contributed by atoms with Crippen LogP contribution in [0.15, 0.2) is 53.9 Å². The molecule has 0 atom stereocenters. The first-order chi connectivity index (χ1) is 13.0. The molecule has 0 spiro atoms. The smallest absolute Gasteiger partial charge is 0.277 e. The van der Waals surface area contributed by atoms with E-state index in [9.17, 15) is 8.78 Å². The SMILES string of the molecule is Cc1cc(C)c2c(-c3ccccc3)nc(SCc3nccn3C(F)F)n2n1. The molecule has 8 heteroatoms. The quantitative estimate of drug-likeness (QED) is 0.459. The van der Waals surface area contributed by atoms with Crippen molar-refractivity contribution in [1.29, 1.82) is 0 Å². The van der Waals surface area contributed by atoms with E-state index in [1.54, 1.807) is 4.52 Å². The molecule has 138 valence electrons. The van der Waals surface area contributed by atoms with E-state index in [2.05, 4.69) is 10.1 Å². The van der Waals surface area contributed by atoms with E-state index in [0.717, 1.165) is 32.6 Å². The number of alkyl halides is 2. The molecule has 0 fully saturated rings. The summed E-state index contributed by atoms with van der Waals surface area (Å²) in [6, 6.07) is 11.9. The van der Waals surface area contributed by atoms with E-state index in [-0.39, 0.29) is 5.75 Å². The van der Waals surface area contributed by atoms with Crippen LogP contribution in [0.5, 0.6) is 0 Å². The van der Waals surface area contributed by atoms with Gasteiger partial charge in [-0.3, -0.25) is 4.57 Å². The van der Waals surface area contributed by atoms with Crippen molar-refractivity contribution in [3.05, 3.63) is 65.9 Å². The van der Waals surface area contributed by atoms with Crippen molar-refractivity contribution in [2.75, 3.05) is 0 Å². The number of aryl methyl sites for hydroxylation is 2. The Morgan fingerprint density at radius 3 is 2.67 bits per heavy atom. The molecule has 0 saturated carbocycles. The highest BCUT2D eigenvalue weighted by Crippen LogP contribution is 2.32. The summed E-state index contributed by atoms with van der Waals surface area (Å²) in [5.74, 6) is 0.580. The van der Waals surface area contributed by atoms with Crippen LogP contribution in [0.3, 0.4) is 0 Å². The highest BCUT2D eigenvalue weighted by atomic mass is 32.2. The summed E-state index contributed by atoms with van der Waals surface area (Å²) < 4.78 is 28.8. The van der Waals surface area contributed by atoms with Crippen molar-refractivity contribution >= 4 is 17.3 Å². The van der Waals surface area contributed by atoms with Gasteiger partial charge in [0.05, 0.1) is 22.7 Å². The van der Waals surface area contributed by atoms with Crippen LogP contribution in [-0.4, -0.2) is 24.1 Å². The fraction of sp³-hybridized carbons (Fsp3) is 0.211. The van der Waals surface area contributed by atoms with Crippen LogP contribution in [0.2, 0.25) is 0 Å². The number of halogens is 2. The largest absolute Gasteiger partial charge is 0.319 e. The average Bonchev–Trinajstić information content (AvgIpc) is 3.25. The molecule has 0 unspecified atom stereocenters. The number of aromatic nitrogens is 5. The van der Waals surface area contributed by atoms with E-state index in [1.165, 1.54) is 24.2 Å². The van der Waals surface area contributed by atoms with Gasteiger partial charge in [0, 0.05) is 18.0 Å². The summed E-state index contributed by atoms with van der Waals surface area (Å²) in [5, 5.41) is 5.25. The summed E-state index contributed by atoms with van der Waals surface area (Å²) >= 11 is 1.34. The van der Waals surface area contributed by atoms with Crippen molar-refractivity contribution < 1.29 is 8.78 Å². The Bertz CT molecular complexity index is 1090. The van der Waals surface area contributed by atoms with E-state index < -0.39 is 6.55 Å². The van der Waals surface area contributed by atoms with Crippen molar-refractivity contribution in [2.45, 2.75) is 31.3 Å². The lowest BCUT2D eigenvalue weighted by Crippen LogP contribution is -2.03. The molecule has 1 aromatic carbocycles. The highest BCUT2D eigenvalue weighted by Gasteiger charge is 2.18. The van der Waals surface area contributed by atoms with E-state index >= 15 is 0 Å². The minimum atomic E-state index is -2.61. The maximum atomic E-state index is 13.1. The van der Waals surface area contributed by atoms with Gasteiger partial charge in [0.1, 0.15) is 5.82 Å². The maximum absolute atomic E-state index is 13.1. The number of imidazole rings is 2. The summed E-state index contributed by atoms with van der Waals surface area (Å²) in [7, 11) is 0. The van der Waals surface area contributed by atoms with Gasteiger partial charge in [0.2, 0.25) is 0 Å². The Morgan fingerprint density at radius 1 is 1.15 bits per heavy atom. The van der Waals surface area contributed by atoms with Crippen LogP contribution in [0, 0.1) is 13.8 Å². The Hall–Kier alpha value is -2.74. The maximum Gasteiger partial charge on any atom is 0.319 e. The molecule has 0 aliphatic heterocycles. The topological polar surface area (TPSA) is 48.0 Å². The number of nitrogens with zero attached hydrogens (tertiary/aromatic N) is 5. The zero-order chi connectivity index (χ0) is 19.0. The zero-order valence-electron chi connectivity index (χ0n) is 14.8. The van der Waals surface area contributed by atoms with Gasteiger partial charge >= 0.3 is 6.55 Å². The summed E-state index contributed by atoms with van der Waals surface area (Å²) in [6.07, 6.45) is 2.67. The fourth-order valence-electron chi connectivity index (χ4n) is 3.06. The van der Waals surface area contributed by atoms with Gasteiger partial charge in [0.15, 0.2) is 5.16 Å². The van der Waals surface area contributed by atoms with Gasteiger partial charge in [-0.05, 0) is 25.5 Å². The number of thioether (sulfide) groups is 1. The van der Waals surface area contributed by atoms with Crippen molar-refractivity contribution in [3.63, 3.8) is 0 Å². The van der Waals surface area contributed by atoms with Gasteiger partial charge in [-0.25, -0.2) is 14.5 Å².